The molecule has 0 radical (unpaired) electrons. The zero-order chi connectivity index (χ0) is 26.1. The number of hydrogen-bond donors (Lipinski definition) is 3. The first-order valence-corrected chi connectivity index (χ1v) is 11.6. The predicted octanol–water partition coefficient (Wildman–Crippen LogP) is 4.74. The summed E-state index contributed by atoms with van der Waals surface area (Å²) in [4.78, 5) is 12.5. The number of nitrogens with two attached hydrogens (primary N) is 1. The van der Waals surface area contributed by atoms with Gasteiger partial charge in [-0.25, -0.2) is 0 Å². The van der Waals surface area contributed by atoms with Crippen LogP contribution in [0, 0.1) is 20.8 Å². The maximum Gasteiger partial charge on any atom is 0.189 e. The zero-order valence-corrected chi connectivity index (χ0v) is 21.5. The number of rotatable bonds is 4. The minimum atomic E-state index is -1.01. The highest BCUT2D eigenvalue weighted by atomic mass is 16.5. The zero-order valence-electron chi connectivity index (χ0n) is 21.5. The molecule has 7 nitrogen and oxygen atoms in total. The molecule has 2 heterocycles. The van der Waals surface area contributed by atoms with Crippen LogP contribution in [0.25, 0.3) is 22.0 Å². The molecule has 4 N–H and O–H groups in total. The molecule has 0 saturated carbocycles. The van der Waals surface area contributed by atoms with Crippen LogP contribution in [0.3, 0.4) is 0 Å². The highest BCUT2D eigenvalue weighted by molar-refractivity contribution is 5.85. The minimum absolute atomic E-state index is 0.0186. The van der Waals surface area contributed by atoms with E-state index in [4.69, 9.17) is 20.5 Å². The average Bonchev–Trinajstić information content (AvgIpc) is 3.09. The molecule has 0 unspecified atom stereocenters. The Balaban J connectivity index is 0.000000371. The van der Waals surface area contributed by atoms with E-state index < -0.39 is 11.2 Å². The summed E-state index contributed by atoms with van der Waals surface area (Å²) in [6.45, 7) is 12.7. The van der Waals surface area contributed by atoms with Gasteiger partial charge in [0.2, 0.25) is 0 Å². The number of aromatic nitrogens is 2. The molecule has 4 rings (SSSR count). The van der Waals surface area contributed by atoms with E-state index in [-0.39, 0.29) is 5.43 Å². The van der Waals surface area contributed by atoms with Gasteiger partial charge in [-0.2, -0.15) is 0 Å². The summed E-state index contributed by atoms with van der Waals surface area (Å²) in [7, 11) is 0. The van der Waals surface area contributed by atoms with Crippen LogP contribution in [0.15, 0.2) is 57.8 Å². The largest absolute Gasteiger partial charge is 0.398 e. The SMILES string of the molecule is CC(C)(O)C(C)(C)O.Cc1noc(C)c1-c1ccc2c(=O)cc(C)n(Cc3ccccc3N)c2c1. The van der Waals surface area contributed by atoms with Crippen LogP contribution in [0.4, 0.5) is 5.69 Å². The third kappa shape index (κ3) is 5.63. The van der Waals surface area contributed by atoms with Crippen LogP contribution in [0.2, 0.25) is 0 Å². The molecule has 0 aliphatic heterocycles. The summed E-state index contributed by atoms with van der Waals surface area (Å²) < 4.78 is 7.44. The Morgan fingerprint density at radius 3 is 2.14 bits per heavy atom. The van der Waals surface area contributed by atoms with Crippen molar-refractivity contribution in [3.63, 3.8) is 0 Å². The van der Waals surface area contributed by atoms with Gasteiger partial charge in [0, 0.05) is 34.9 Å². The number of fused-ring (bicyclic) bond motifs is 1. The fraction of sp³-hybridized carbons (Fsp3) is 0.357. The lowest BCUT2D eigenvalue weighted by Gasteiger charge is -2.31. The van der Waals surface area contributed by atoms with Crippen molar-refractivity contribution in [2.75, 3.05) is 5.73 Å². The molecule has 0 fully saturated rings. The number of aliphatic hydroxyl groups is 2. The van der Waals surface area contributed by atoms with Crippen molar-refractivity contribution in [3.05, 3.63) is 81.5 Å². The van der Waals surface area contributed by atoms with E-state index in [1.54, 1.807) is 33.8 Å². The average molecular weight is 478 g/mol. The standard InChI is InChI=1S/C22H21N3O2.C6H14O2/c1-13-10-21(26)18-9-8-16(22-14(2)24-27-15(22)3)11-20(18)25(13)12-17-6-4-5-7-19(17)23;1-5(2,7)6(3,4)8/h4-11H,12,23H2,1-3H3;7-8H,1-4H3. The maximum absolute atomic E-state index is 12.5. The summed E-state index contributed by atoms with van der Waals surface area (Å²) in [5.74, 6) is 0.765. The third-order valence-corrected chi connectivity index (χ3v) is 6.52. The molecule has 0 bridgehead atoms. The first-order chi connectivity index (χ1) is 16.2. The van der Waals surface area contributed by atoms with E-state index in [0.29, 0.717) is 11.9 Å². The van der Waals surface area contributed by atoms with Gasteiger partial charge in [0.05, 0.1) is 22.4 Å². The lowest BCUT2D eigenvalue weighted by atomic mass is 9.90. The lowest BCUT2D eigenvalue weighted by Crippen LogP contribution is -2.44. The highest BCUT2D eigenvalue weighted by Gasteiger charge is 2.32. The molecule has 0 aliphatic carbocycles. The van der Waals surface area contributed by atoms with Gasteiger partial charge in [0.25, 0.3) is 0 Å². The summed E-state index contributed by atoms with van der Waals surface area (Å²) >= 11 is 0. The van der Waals surface area contributed by atoms with Crippen molar-refractivity contribution in [1.82, 2.24) is 9.72 Å². The van der Waals surface area contributed by atoms with Crippen LogP contribution in [0.5, 0.6) is 0 Å². The molecule has 2 aromatic heterocycles. The van der Waals surface area contributed by atoms with Crippen molar-refractivity contribution < 1.29 is 14.7 Å². The van der Waals surface area contributed by atoms with E-state index in [2.05, 4.69) is 9.72 Å². The van der Waals surface area contributed by atoms with E-state index in [1.807, 2.05) is 63.2 Å². The molecular formula is C28H35N3O4. The second-order valence-electron chi connectivity index (χ2n) is 9.98. The van der Waals surface area contributed by atoms with Crippen LogP contribution >= 0.6 is 0 Å². The number of hydrogen-bond acceptors (Lipinski definition) is 6. The van der Waals surface area contributed by atoms with Gasteiger partial charge in [-0.15, -0.1) is 0 Å². The molecule has 7 heteroatoms. The van der Waals surface area contributed by atoms with Gasteiger partial charge >= 0.3 is 0 Å². The predicted molar refractivity (Wildman–Crippen MR) is 140 cm³/mol. The third-order valence-electron chi connectivity index (χ3n) is 6.52. The number of nitrogens with zero attached hydrogens (tertiary/aromatic N) is 2. The van der Waals surface area contributed by atoms with Gasteiger partial charge in [0.15, 0.2) is 5.43 Å². The molecule has 0 aliphatic rings. The number of benzene rings is 2. The van der Waals surface area contributed by atoms with E-state index >= 15 is 0 Å². The Morgan fingerprint density at radius 1 is 0.971 bits per heavy atom. The topological polar surface area (TPSA) is 115 Å². The van der Waals surface area contributed by atoms with Crippen LogP contribution in [-0.4, -0.2) is 31.1 Å². The summed E-state index contributed by atoms with van der Waals surface area (Å²) in [5.41, 5.74) is 10.5. The number of anilines is 1. The van der Waals surface area contributed by atoms with Crippen molar-refractivity contribution in [2.24, 2.45) is 0 Å². The van der Waals surface area contributed by atoms with Crippen molar-refractivity contribution in [1.29, 1.82) is 0 Å². The van der Waals surface area contributed by atoms with Crippen LogP contribution < -0.4 is 11.2 Å². The fourth-order valence-electron chi connectivity index (χ4n) is 3.61. The molecule has 0 atom stereocenters. The molecule has 186 valence electrons. The van der Waals surface area contributed by atoms with Crippen LogP contribution in [0.1, 0.15) is 50.4 Å². The molecule has 4 aromatic rings. The number of nitrogen functional groups attached to an aromatic ring is 1. The van der Waals surface area contributed by atoms with Crippen molar-refractivity contribution in [3.8, 4) is 11.1 Å². The van der Waals surface area contributed by atoms with E-state index in [1.165, 1.54) is 0 Å². The van der Waals surface area contributed by atoms with Gasteiger partial charge in [0.1, 0.15) is 5.76 Å². The van der Waals surface area contributed by atoms with Gasteiger partial charge < -0.3 is 25.0 Å². The Labute approximate surface area is 205 Å². The fourth-order valence-corrected chi connectivity index (χ4v) is 3.61. The van der Waals surface area contributed by atoms with Gasteiger partial charge in [-0.05, 0) is 77.8 Å². The molecule has 2 aromatic carbocycles. The van der Waals surface area contributed by atoms with Gasteiger partial charge in [-0.3, -0.25) is 4.79 Å². The summed E-state index contributed by atoms with van der Waals surface area (Å²) in [5, 5.41) is 22.9. The molecule has 0 spiro atoms. The number of para-hydroxylation sites is 1. The number of pyridine rings is 1. The second kappa shape index (κ2) is 9.68. The van der Waals surface area contributed by atoms with Crippen molar-refractivity contribution >= 4 is 16.6 Å². The summed E-state index contributed by atoms with van der Waals surface area (Å²) in [6, 6.07) is 15.3. The van der Waals surface area contributed by atoms with E-state index in [0.717, 1.165) is 45.0 Å². The second-order valence-corrected chi connectivity index (χ2v) is 9.98. The summed E-state index contributed by atoms with van der Waals surface area (Å²) in [6.07, 6.45) is 0. The maximum atomic E-state index is 12.5. The Hall–Kier alpha value is -3.42. The smallest absolute Gasteiger partial charge is 0.189 e. The Kier molecular flexibility index (Phi) is 7.24. The van der Waals surface area contributed by atoms with Crippen molar-refractivity contribution in [2.45, 2.75) is 66.2 Å². The molecule has 35 heavy (non-hydrogen) atoms. The quantitative estimate of drug-likeness (QED) is 0.366. The first kappa shape index (κ1) is 26.2. The molecule has 0 saturated heterocycles. The Bertz CT molecular complexity index is 1370. The Morgan fingerprint density at radius 2 is 1.60 bits per heavy atom. The van der Waals surface area contributed by atoms with E-state index in [9.17, 15) is 4.79 Å². The lowest BCUT2D eigenvalue weighted by molar-refractivity contribution is -0.107. The normalized spacial score (nSPS) is 11.9. The first-order valence-electron chi connectivity index (χ1n) is 11.6. The molecular weight excluding hydrogens is 442 g/mol. The monoisotopic (exact) mass is 477 g/mol. The minimum Gasteiger partial charge on any atom is -0.398 e. The number of aryl methyl sites for hydroxylation is 3. The van der Waals surface area contributed by atoms with Crippen LogP contribution in [-0.2, 0) is 6.54 Å². The highest BCUT2D eigenvalue weighted by Crippen LogP contribution is 2.30. The molecule has 0 amide bonds. The van der Waals surface area contributed by atoms with Gasteiger partial charge in [-0.1, -0.05) is 29.4 Å².